The lowest BCUT2D eigenvalue weighted by molar-refractivity contribution is 0.102. The summed E-state index contributed by atoms with van der Waals surface area (Å²) in [4.78, 5) is 14.9. The Morgan fingerprint density at radius 1 is 1.08 bits per heavy atom. The van der Waals surface area contributed by atoms with E-state index >= 15 is 0 Å². The van der Waals surface area contributed by atoms with Crippen LogP contribution >= 0.6 is 11.6 Å². The van der Waals surface area contributed by atoms with Gasteiger partial charge in [0.25, 0.3) is 5.91 Å². The Kier molecular flexibility index (Phi) is 5.41. The summed E-state index contributed by atoms with van der Waals surface area (Å²) in [5.41, 5.74) is 3.62. The highest BCUT2D eigenvalue weighted by Gasteiger charge is 2.19. The van der Waals surface area contributed by atoms with Gasteiger partial charge in [0.1, 0.15) is 0 Å². The van der Waals surface area contributed by atoms with Crippen LogP contribution in [0.2, 0.25) is 5.02 Å². The van der Waals surface area contributed by atoms with Crippen molar-refractivity contribution in [2.45, 2.75) is 32.6 Å². The number of carbonyl (C=O) groups excluding carboxylic acids is 1. The summed E-state index contributed by atoms with van der Waals surface area (Å²) in [5.74, 6) is -0.0989. The van der Waals surface area contributed by atoms with Crippen LogP contribution in [0.1, 0.15) is 42.1 Å². The van der Waals surface area contributed by atoms with Gasteiger partial charge in [0.2, 0.25) is 0 Å². The molecule has 3 rings (SSSR count). The van der Waals surface area contributed by atoms with Gasteiger partial charge >= 0.3 is 0 Å². The van der Waals surface area contributed by atoms with Crippen LogP contribution < -0.4 is 10.2 Å². The van der Waals surface area contributed by atoms with E-state index in [2.05, 4.69) is 17.1 Å². The smallest absolute Gasteiger partial charge is 0.255 e. The van der Waals surface area contributed by atoms with E-state index in [1.807, 2.05) is 42.5 Å². The molecule has 4 heteroatoms. The average Bonchev–Trinajstić information content (AvgIpc) is 2.62. The van der Waals surface area contributed by atoms with Crippen molar-refractivity contribution in [3.05, 3.63) is 58.6 Å². The zero-order chi connectivity index (χ0) is 16.9. The number of para-hydroxylation sites is 1. The highest BCUT2D eigenvalue weighted by atomic mass is 35.5. The molecule has 1 heterocycles. The van der Waals surface area contributed by atoms with Crippen molar-refractivity contribution in [3.63, 3.8) is 0 Å². The summed E-state index contributed by atoms with van der Waals surface area (Å²) in [6.45, 7) is 4.07. The summed E-state index contributed by atoms with van der Waals surface area (Å²) in [7, 11) is 0. The van der Waals surface area contributed by atoms with Crippen molar-refractivity contribution < 1.29 is 4.79 Å². The quantitative estimate of drug-likeness (QED) is 0.833. The fourth-order valence-electron chi connectivity index (χ4n) is 3.14. The molecule has 3 nitrogen and oxygen atoms in total. The van der Waals surface area contributed by atoms with E-state index in [9.17, 15) is 4.79 Å². The number of amides is 1. The normalized spacial score (nSPS) is 14.5. The molecule has 0 radical (unpaired) electrons. The molecule has 0 aromatic heterocycles. The minimum absolute atomic E-state index is 0.0989. The average molecular weight is 343 g/mol. The Morgan fingerprint density at radius 3 is 2.46 bits per heavy atom. The summed E-state index contributed by atoms with van der Waals surface area (Å²) in [5, 5.41) is 3.73. The molecular formula is C20H23ClN2O. The molecule has 24 heavy (non-hydrogen) atoms. The van der Waals surface area contributed by atoms with Crippen LogP contribution in [0.5, 0.6) is 0 Å². The fraction of sp³-hybridized carbons (Fsp3) is 0.350. The van der Waals surface area contributed by atoms with Gasteiger partial charge in [0.15, 0.2) is 0 Å². The van der Waals surface area contributed by atoms with E-state index in [-0.39, 0.29) is 5.91 Å². The maximum atomic E-state index is 12.6. The highest BCUT2D eigenvalue weighted by molar-refractivity contribution is 6.34. The van der Waals surface area contributed by atoms with E-state index < -0.39 is 0 Å². The molecule has 0 atom stereocenters. The van der Waals surface area contributed by atoms with Crippen molar-refractivity contribution in [1.82, 2.24) is 0 Å². The van der Waals surface area contributed by atoms with Gasteiger partial charge < -0.3 is 10.2 Å². The zero-order valence-corrected chi connectivity index (χ0v) is 14.8. The lowest BCUT2D eigenvalue weighted by Gasteiger charge is -2.31. The van der Waals surface area contributed by atoms with Crippen LogP contribution in [0, 0.1) is 0 Å². The second kappa shape index (κ2) is 7.71. The maximum Gasteiger partial charge on any atom is 0.255 e. The van der Waals surface area contributed by atoms with Gasteiger partial charge in [-0.1, -0.05) is 36.7 Å². The molecule has 1 saturated heterocycles. The Hall–Kier alpha value is -2.00. The molecule has 0 spiro atoms. The van der Waals surface area contributed by atoms with Gasteiger partial charge in [-0.2, -0.15) is 0 Å². The lowest BCUT2D eigenvalue weighted by atomic mass is 10.1. The standard InChI is InChI=1S/C20H23ClN2O/c1-2-15-9-11-16(12-10-15)20(24)22-18-8-6-7-17(21)19(18)23-13-4-3-5-14-23/h6-12H,2-5,13-14H2,1H3,(H,22,24). The number of piperidine rings is 1. The summed E-state index contributed by atoms with van der Waals surface area (Å²) in [6, 6.07) is 13.4. The predicted molar refractivity (Wildman–Crippen MR) is 101 cm³/mol. The largest absolute Gasteiger partial charge is 0.369 e. The molecular weight excluding hydrogens is 320 g/mol. The van der Waals surface area contributed by atoms with Crippen LogP contribution in [0.25, 0.3) is 0 Å². The van der Waals surface area contributed by atoms with Crippen LogP contribution in [-0.2, 0) is 6.42 Å². The van der Waals surface area contributed by atoms with Crippen molar-refractivity contribution in [2.75, 3.05) is 23.3 Å². The van der Waals surface area contributed by atoms with Crippen LogP contribution in [-0.4, -0.2) is 19.0 Å². The van der Waals surface area contributed by atoms with Crippen molar-refractivity contribution >= 4 is 28.9 Å². The molecule has 1 amide bonds. The molecule has 1 aliphatic heterocycles. The number of anilines is 2. The van der Waals surface area contributed by atoms with Crippen molar-refractivity contribution in [2.24, 2.45) is 0 Å². The molecule has 2 aromatic rings. The first-order valence-electron chi connectivity index (χ1n) is 8.63. The number of carbonyl (C=O) groups is 1. The number of benzene rings is 2. The predicted octanol–water partition coefficient (Wildman–Crippen LogP) is 5.15. The number of rotatable bonds is 4. The van der Waals surface area contributed by atoms with Crippen molar-refractivity contribution in [1.29, 1.82) is 0 Å². The second-order valence-electron chi connectivity index (χ2n) is 6.19. The third kappa shape index (κ3) is 3.73. The summed E-state index contributed by atoms with van der Waals surface area (Å²) >= 11 is 6.44. The first kappa shape index (κ1) is 16.8. The van der Waals surface area contributed by atoms with Crippen LogP contribution in [0.4, 0.5) is 11.4 Å². The van der Waals surface area contributed by atoms with Crippen molar-refractivity contribution in [3.8, 4) is 0 Å². The number of aryl methyl sites for hydroxylation is 1. The molecule has 126 valence electrons. The Labute approximate surface area is 148 Å². The molecule has 2 aromatic carbocycles. The van der Waals surface area contributed by atoms with Gasteiger partial charge in [-0.3, -0.25) is 4.79 Å². The second-order valence-corrected chi connectivity index (χ2v) is 6.60. The Balaban J connectivity index is 1.83. The highest BCUT2D eigenvalue weighted by Crippen LogP contribution is 2.35. The number of nitrogens with one attached hydrogen (secondary N) is 1. The Bertz CT molecular complexity index is 706. The number of nitrogens with zero attached hydrogens (tertiary/aromatic N) is 1. The summed E-state index contributed by atoms with van der Waals surface area (Å²) in [6.07, 6.45) is 4.55. The van der Waals surface area contributed by atoms with E-state index in [0.29, 0.717) is 10.6 Å². The number of hydrogen-bond acceptors (Lipinski definition) is 2. The zero-order valence-electron chi connectivity index (χ0n) is 14.0. The minimum atomic E-state index is -0.0989. The van der Waals surface area contributed by atoms with Gasteiger partial charge in [0, 0.05) is 18.7 Å². The Morgan fingerprint density at radius 2 is 1.79 bits per heavy atom. The maximum absolute atomic E-state index is 12.6. The van der Waals surface area contributed by atoms with E-state index in [1.54, 1.807) is 0 Å². The van der Waals surface area contributed by atoms with Gasteiger partial charge in [-0.15, -0.1) is 0 Å². The number of hydrogen-bond donors (Lipinski definition) is 1. The van der Waals surface area contributed by atoms with Gasteiger partial charge in [-0.05, 0) is 55.5 Å². The third-order valence-corrected chi connectivity index (χ3v) is 4.84. The van der Waals surface area contributed by atoms with E-state index in [0.717, 1.165) is 43.7 Å². The monoisotopic (exact) mass is 342 g/mol. The topological polar surface area (TPSA) is 32.3 Å². The first-order chi connectivity index (χ1) is 11.7. The SMILES string of the molecule is CCc1ccc(C(=O)Nc2cccc(Cl)c2N2CCCCC2)cc1. The van der Waals surface area contributed by atoms with Gasteiger partial charge in [0.05, 0.1) is 16.4 Å². The fourth-order valence-corrected chi connectivity index (χ4v) is 3.44. The molecule has 1 fully saturated rings. The number of halogens is 1. The molecule has 1 aliphatic rings. The molecule has 0 aliphatic carbocycles. The molecule has 0 bridgehead atoms. The minimum Gasteiger partial charge on any atom is -0.369 e. The van der Waals surface area contributed by atoms with Gasteiger partial charge in [-0.25, -0.2) is 0 Å². The van der Waals surface area contributed by atoms with E-state index in [1.165, 1.54) is 12.0 Å². The molecule has 1 N–H and O–H groups in total. The molecule has 0 saturated carbocycles. The third-order valence-electron chi connectivity index (χ3n) is 4.53. The lowest BCUT2D eigenvalue weighted by Crippen LogP contribution is -2.30. The summed E-state index contributed by atoms with van der Waals surface area (Å²) < 4.78 is 0. The molecule has 0 unspecified atom stereocenters. The first-order valence-corrected chi connectivity index (χ1v) is 9.00. The van der Waals surface area contributed by atoms with E-state index in [4.69, 9.17) is 11.6 Å². The van der Waals surface area contributed by atoms with Crippen LogP contribution in [0.3, 0.4) is 0 Å². The van der Waals surface area contributed by atoms with Crippen LogP contribution in [0.15, 0.2) is 42.5 Å².